The molecule has 7 nitrogen and oxygen atoms in total. The Morgan fingerprint density at radius 2 is 1.73 bits per heavy atom. The fourth-order valence-corrected chi connectivity index (χ4v) is 4.57. The summed E-state index contributed by atoms with van der Waals surface area (Å²) in [5, 5.41) is 4.69. The molecule has 0 amide bonds. The van der Waals surface area contributed by atoms with Crippen LogP contribution in [0.1, 0.15) is 11.7 Å². The largest absolute Gasteiger partial charge is 0.358 e. The van der Waals surface area contributed by atoms with Crippen molar-refractivity contribution in [3.8, 4) is 0 Å². The number of nitrogens with zero attached hydrogens (tertiary/aromatic N) is 6. The van der Waals surface area contributed by atoms with Crippen LogP contribution in [0.3, 0.4) is 0 Å². The van der Waals surface area contributed by atoms with Gasteiger partial charge in [-0.2, -0.15) is 0 Å². The molecule has 0 spiro atoms. The number of fused-ring (bicyclic) bond motifs is 1. The molecule has 1 saturated heterocycles. The molecule has 3 aromatic rings. The number of rotatable bonds is 3. The summed E-state index contributed by atoms with van der Waals surface area (Å²) in [6, 6.07) is 9.53. The quantitative estimate of drug-likeness (QED) is 0.653. The van der Waals surface area contributed by atoms with Crippen LogP contribution in [-0.2, 0) is 0 Å². The smallest absolute Gasteiger partial charge is 0.140 e. The molecule has 1 unspecified atom stereocenters. The Kier molecular flexibility index (Phi) is 5.10. The third kappa shape index (κ3) is 3.43. The first-order chi connectivity index (χ1) is 14.6. The molecule has 154 valence electrons. The number of nitrogens with one attached hydrogen (secondary N) is 1. The molecule has 5 rings (SSSR count). The average molecular weight is 442 g/mol. The van der Waals surface area contributed by atoms with Crippen LogP contribution in [0, 0.1) is 0 Å². The van der Waals surface area contributed by atoms with Crippen molar-refractivity contribution in [1.29, 1.82) is 0 Å². The molecule has 2 aliphatic heterocycles. The van der Waals surface area contributed by atoms with Crippen LogP contribution in [0.5, 0.6) is 0 Å². The van der Waals surface area contributed by atoms with E-state index in [0.717, 1.165) is 54.8 Å². The SMILES string of the molecule is CN1CCN(c2cc(N3c4ccncc4NC3c3c(Cl)cccc3Cl)ncn2)CC1. The Labute approximate surface area is 185 Å². The van der Waals surface area contributed by atoms with Crippen LogP contribution in [0.15, 0.2) is 49.1 Å². The van der Waals surface area contributed by atoms with E-state index in [0.29, 0.717) is 10.0 Å². The van der Waals surface area contributed by atoms with Crippen LogP contribution in [0.2, 0.25) is 10.0 Å². The number of hydrogen-bond acceptors (Lipinski definition) is 7. The number of piperazine rings is 1. The first-order valence-corrected chi connectivity index (χ1v) is 10.6. The summed E-state index contributed by atoms with van der Waals surface area (Å²) in [4.78, 5) is 20.1. The number of halogens is 2. The highest BCUT2D eigenvalue weighted by molar-refractivity contribution is 6.36. The van der Waals surface area contributed by atoms with Gasteiger partial charge in [-0.15, -0.1) is 0 Å². The molecular weight excluding hydrogens is 421 g/mol. The number of pyridine rings is 1. The summed E-state index contributed by atoms with van der Waals surface area (Å²) in [6.45, 7) is 3.89. The Hall–Kier alpha value is -2.61. The van der Waals surface area contributed by atoms with E-state index in [1.165, 1.54) is 0 Å². The Bertz CT molecular complexity index is 1050. The fourth-order valence-electron chi connectivity index (χ4n) is 3.97. The topological polar surface area (TPSA) is 60.4 Å². The van der Waals surface area contributed by atoms with Crippen molar-refractivity contribution in [2.24, 2.45) is 0 Å². The van der Waals surface area contributed by atoms with Gasteiger partial charge in [-0.1, -0.05) is 29.3 Å². The van der Waals surface area contributed by atoms with Crippen molar-refractivity contribution in [2.45, 2.75) is 6.17 Å². The predicted molar refractivity (Wildman–Crippen MR) is 121 cm³/mol. The van der Waals surface area contributed by atoms with Crippen molar-refractivity contribution >= 4 is 46.2 Å². The van der Waals surface area contributed by atoms with Gasteiger partial charge in [-0.3, -0.25) is 9.88 Å². The van der Waals surface area contributed by atoms with Gasteiger partial charge in [-0.25, -0.2) is 9.97 Å². The highest BCUT2D eigenvalue weighted by atomic mass is 35.5. The van der Waals surface area contributed by atoms with E-state index in [4.69, 9.17) is 23.2 Å². The van der Waals surface area contributed by atoms with Crippen LogP contribution >= 0.6 is 23.2 Å². The molecule has 0 radical (unpaired) electrons. The van der Waals surface area contributed by atoms with Crippen molar-refractivity contribution in [3.05, 3.63) is 64.7 Å². The third-order valence-electron chi connectivity index (χ3n) is 5.59. The van der Waals surface area contributed by atoms with Gasteiger partial charge in [0.05, 0.1) is 17.6 Å². The number of hydrogen-bond donors (Lipinski definition) is 1. The minimum atomic E-state index is -0.305. The Morgan fingerprint density at radius 1 is 1.00 bits per heavy atom. The first-order valence-electron chi connectivity index (χ1n) is 9.81. The molecule has 0 saturated carbocycles. The third-order valence-corrected chi connectivity index (χ3v) is 6.25. The monoisotopic (exact) mass is 441 g/mol. The van der Waals surface area contributed by atoms with Crippen LogP contribution in [0.4, 0.5) is 23.0 Å². The van der Waals surface area contributed by atoms with Crippen LogP contribution in [0.25, 0.3) is 0 Å². The standard InChI is InChI=1S/C21H21Cl2N7/c1-28-7-9-29(10-8-28)18-11-19(26-13-25-18)30-17-5-6-24-12-16(17)27-21(30)20-14(22)3-2-4-15(20)23/h2-6,11-13,21,27H,7-10H2,1H3. The molecule has 30 heavy (non-hydrogen) atoms. The average Bonchev–Trinajstić information content (AvgIpc) is 3.13. The van der Waals surface area contributed by atoms with Crippen molar-refractivity contribution in [1.82, 2.24) is 19.9 Å². The van der Waals surface area contributed by atoms with E-state index in [1.807, 2.05) is 30.3 Å². The zero-order valence-electron chi connectivity index (χ0n) is 16.5. The lowest BCUT2D eigenvalue weighted by Crippen LogP contribution is -2.44. The second-order valence-electron chi connectivity index (χ2n) is 7.47. The van der Waals surface area contributed by atoms with E-state index < -0.39 is 0 Å². The van der Waals surface area contributed by atoms with Gasteiger partial charge < -0.3 is 15.1 Å². The minimum Gasteiger partial charge on any atom is -0.358 e. The molecule has 2 aliphatic rings. The van der Waals surface area contributed by atoms with Gasteiger partial charge in [0.2, 0.25) is 0 Å². The maximum Gasteiger partial charge on any atom is 0.140 e. The summed E-state index contributed by atoms with van der Waals surface area (Å²) in [5.41, 5.74) is 2.67. The zero-order chi connectivity index (χ0) is 20.7. The van der Waals surface area contributed by atoms with Gasteiger partial charge in [0.1, 0.15) is 24.1 Å². The van der Waals surface area contributed by atoms with Gasteiger partial charge >= 0.3 is 0 Å². The van der Waals surface area contributed by atoms with Gasteiger partial charge in [0.25, 0.3) is 0 Å². The molecule has 0 bridgehead atoms. The lowest BCUT2D eigenvalue weighted by Gasteiger charge is -2.34. The van der Waals surface area contributed by atoms with E-state index in [-0.39, 0.29) is 6.17 Å². The van der Waals surface area contributed by atoms with Gasteiger partial charge in [0.15, 0.2) is 0 Å². The fraction of sp³-hybridized carbons (Fsp3) is 0.286. The summed E-state index contributed by atoms with van der Waals surface area (Å²) >= 11 is 13.1. The van der Waals surface area contributed by atoms with E-state index in [2.05, 4.69) is 42.0 Å². The maximum atomic E-state index is 6.56. The van der Waals surface area contributed by atoms with E-state index in [9.17, 15) is 0 Å². The van der Waals surface area contributed by atoms with Gasteiger partial charge in [-0.05, 0) is 25.2 Å². The lowest BCUT2D eigenvalue weighted by molar-refractivity contribution is 0.312. The number of aromatic nitrogens is 3. The van der Waals surface area contributed by atoms with Crippen molar-refractivity contribution in [2.75, 3.05) is 48.3 Å². The van der Waals surface area contributed by atoms with E-state index in [1.54, 1.807) is 18.7 Å². The molecule has 1 atom stereocenters. The first kappa shape index (κ1) is 19.4. The molecular formula is C21H21Cl2N7. The number of anilines is 4. The van der Waals surface area contributed by atoms with Crippen LogP contribution < -0.4 is 15.1 Å². The van der Waals surface area contributed by atoms with E-state index >= 15 is 0 Å². The second kappa shape index (κ2) is 7.91. The summed E-state index contributed by atoms with van der Waals surface area (Å²) in [5.74, 6) is 1.69. The highest BCUT2D eigenvalue weighted by Crippen LogP contribution is 2.47. The molecule has 2 aromatic heterocycles. The summed E-state index contributed by atoms with van der Waals surface area (Å²) in [7, 11) is 2.14. The maximum absolute atomic E-state index is 6.56. The van der Waals surface area contributed by atoms with Crippen molar-refractivity contribution < 1.29 is 0 Å². The van der Waals surface area contributed by atoms with Crippen LogP contribution in [-0.4, -0.2) is 53.1 Å². The minimum absolute atomic E-state index is 0.305. The van der Waals surface area contributed by atoms with Crippen molar-refractivity contribution in [3.63, 3.8) is 0 Å². The number of likely N-dealkylation sites (N-methyl/N-ethyl adjacent to an activating group) is 1. The molecule has 4 heterocycles. The molecule has 9 heteroatoms. The Morgan fingerprint density at radius 3 is 2.50 bits per heavy atom. The summed E-state index contributed by atoms with van der Waals surface area (Å²) < 4.78 is 0. The highest BCUT2D eigenvalue weighted by Gasteiger charge is 2.35. The Balaban J connectivity index is 1.57. The molecule has 1 fully saturated rings. The lowest BCUT2D eigenvalue weighted by atomic mass is 10.1. The molecule has 1 N–H and O–H groups in total. The number of benzene rings is 1. The van der Waals surface area contributed by atoms with Gasteiger partial charge in [0, 0.05) is 54.1 Å². The summed E-state index contributed by atoms with van der Waals surface area (Å²) in [6.07, 6.45) is 4.89. The second-order valence-corrected chi connectivity index (χ2v) is 8.28. The predicted octanol–water partition coefficient (Wildman–Crippen LogP) is 4.19. The molecule has 0 aliphatic carbocycles. The normalized spacial score (nSPS) is 19.0. The zero-order valence-corrected chi connectivity index (χ0v) is 18.0. The molecule has 1 aromatic carbocycles.